The summed E-state index contributed by atoms with van der Waals surface area (Å²) in [6, 6.07) is 8.14. The van der Waals surface area contributed by atoms with Crippen LogP contribution in [0.1, 0.15) is 37.7 Å². The average molecular weight is 310 g/mol. The Morgan fingerprint density at radius 1 is 1.29 bits per heavy atom. The molecule has 1 aliphatic rings. The lowest BCUT2D eigenvalue weighted by atomic mass is 10.1. The van der Waals surface area contributed by atoms with Crippen molar-refractivity contribution >= 4 is 17.5 Å². The number of rotatable bonds is 5. The summed E-state index contributed by atoms with van der Waals surface area (Å²) in [5, 5.41) is 0. The molecular formula is C17H24ClNO2. The molecular weight excluding hydrogens is 286 g/mol. The number of hydrogen-bond donors (Lipinski definition) is 0. The third kappa shape index (κ3) is 4.63. The van der Waals surface area contributed by atoms with Gasteiger partial charge in [0.1, 0.15) is 5.75 Å². The molecule has 1 atom stereocenters. The molecule has 21 heavy (non-hydrogen) atoms. The van der Waals surface area contributed by atoms with Crippen molar-refractivity contribution in [3.05, 3.63) is 29.8 Å². The molecule has 3 nitrogen and oxygen atoms in total. The van der Waals surface area contributed by atoms with Gasteiger partial charge in [0, 0.05) is 24.9 Å². The van der Waals surface area contributed by atoms with Gasteiger partial charge >= 0.3 is 0 Å². The van der Waals surface area contributed by atoms with E-state index in [0.29, 0.717) is 12.3 Å². The second-order valence-electron chi connectivity index (χ2n) is 5.59. The summed E-state index contributed by atoms with van der Waals surface area (Å²) >= 11 is 6.03. The molecule has 1 amide bonds. The first-order valence-corrected chi connectivity index (χ1v) is 8.26. The number of halogens is 1. The smallest absolute Gasteiger partial charge is 0.223 e. The molecule has 0 spiro atoms. The van der Waals surface area contributed by atoms with Gasteiger partial charge in [-0.15, -0.1) is 11.6 Å². The molecule has 116 valence electrons. The van der Waals surface area contributed by atoms with E-state index in [4.69, 9.17) is 16.3 Å². The van der Waals surface area contributed by atoms with Gasteiger partial charge in [-0.05, 0) is 37.0 Å². The van der Waals surface area contributed by atoms with Crippen LogP contribution in [-0.2, 0) is 11.2 Å². The first-order valence-electron chi connectivity index (χ1n) is 7.73. The maximum Gasteiger partial charge on any atom is 0.223 e. The van der Waals surface area contributed by atoms with Crippen molar-refractivity contribution in [1.29, 1.82) is 0 Å². The van der Waals surface area contributed by atoms with E-state index in [2.05, 4.69) is 0 Å². The Morgan fingerprint density at radius 2 is 2.05 bits per heavy atom. The van der Waals surface area contributed by atoms with Crippen LogP contribution < -0.4 is 4.74 Å². The van der Waals surface area contributed by atoms with E-state index < -0.39 is 0 Å². The van der Waals surface area contributed by atoms with Crippen molar-refractivity contribution < 1.29 is 9.53 Å². The van der Waals surface area contributed by atoms with Crippen LogP contribution in [-0.4, -0.2) is 36.4 Å². The van der Waals surface area contributed by atoms with E-state index in [0.717, 1.165) is 31.6 Å². The number of carbonyl (C=O) groups is 1. The number of likely N-dealkylation sites (tertiary alicyclic amines) is 1. The van der Waals surface area contributed by atoms with Gasteiger partial charge in [-0.3, -0.25) is 4.79 Å². The maximum absolute atomic E-state index is 12.5. The van der Waals surface area contributed by atoms with Gasteiger partial charge in [0.15, 0.2) is 0 Å². The van der Waals surface area contributed by atoms with Crippen LogP contribution in [0.5, 0.6) is 5.75 Å². The van der Waals surface area contributed by atoms with Crippen molar-refractivity contribution in [3.63, 3.8) is 0 Å². The summed E-state index contributed by atoms with van der Waals surface area (Å²) in [7, 11) is 1.66. The summed E-state index contributed by atoms with van der Waals surface area (Å²) in [6.45, 7) is 0.860. The summed E-state index contributed by atoms with van der Waals surface area (Å²) < 4.78 is 5.14. The fourth-order valence-corrected chi connectivity index (χ4v) is 3.17. The summed E-state index contributed by atoms with van der Waals surface area (Å²) in [5.41, 5.74) is 1.17. The number of ether oxygens (including phenoxy) is 1. The number of aryl methyl sites for hydroxylation is 1. The highest BCUT2D eigenvalue weighted by Crippen LogP contribution is 2.20. The molecule has 0 radical (unpaired) electrons. The Kier molecular flexibility index (Phi) is 6.37. The van der Waals surface area contributed by atoms with Gasteiger partial charge in [-0.25, -0.2) is 0 Å². The van der Waals surface area contributed by atoms with E-state index in [1.165, 1.54) is 18.4 Å². The molecule has 0 N–H and O–H groups in total. The highest BCUT2D eigenvalue weighted by atomic mass is 35.5. The zero-order valence-corrected chi connectivity index (χ0v) is 13.4. The van der Waals surface area contributed by atoms with Gasteiger partial charge in [-0.2, -0.15) is 0 Å². The van der Waals surface area contributed by atoms with E-state index in [9.17, 15) is 4.79 Å². The topological polar surface area (TPSA) is 29.5 Å². The molecule has 0 aliphatic carbocycles. The number of benzene rings is 1. The van der Waals surface area contributed by atoms with Gasteiger partial charge in [0.05, 0.1) is 7.11 Å². The molecule has 0 aromatic heterocycles. The van der Waals surface area contributed by atoms with Gasteiger partial charge < -0.3 is 9.64 Å². The predicted octanol–water partition coefficient (Wildman–Crippen LogP) is 3.64. The second-order valence-corrected chi connectivity index (χ2v) is 5.90. The summed E-state index contributed by atoms with van der Waals surface area (Å²) in [4.78, 5) is 14.5. The fourth-order valence-electron chi connectivity index (χ4n) is 2.85. The number of carbonyl (C=O) groups excluding carboxylic acids is 1. The molecule has 1 aliphatic heterocycles. The maximum atomic E-state index is 12.5. The Labute approximate surface area is 132 Å². The van der Waals surface area contributed by atoms with E-state index in [1.807, 2.05) is 29.2 Å². The minimum Gasteiger partial charge on any atom is -0.497 e. The largest absolute Gasteiger partial charge is 0.497 e. The summed E-state index contributed by atoms with van der Waals surface area (Å²) in [5.74, 6) is 1.63. The second kappa shape index (κ2) is 8.28. The highest BCUT2D eigenvalue weighted by molar-refractivity contribution is 6.18. The van der Waals surface area contributed by atoms with Crippen molar-refractivity contribution in [2.24, 2.45) is 0 Å². The number of alkyl halides is 1. The average Bonchev–Trinajstić information content (AvgIpc) is 2.78. The summed E-state index contributed by atoms with van der Waals surface area (Å²) in [6.07, 6.45) is 5.85. The van der Waals surface area contributed by atoms with E-state index >= 15 is 0 Å². The zero-order chi connectivity index (χ0) is 15.1. The van der Waals surface area contributed by atoms with Crippen LogP contribution >= 0.6 is 11.6 Å². The lowest BCUT2D eigenvalue weighted by molar-refractivity contribution is -0.133. The molecule has 4 heteroatoms. The van der Waals surface area contributed by atoms with Crippen LogP contribution in [0.15, 0.2) is 24.3 Å². The molecule has 1 unspecified atom stereocenters. The predicted molar refractivity (Wildman–Crippen MR) is 86.0 cm³/mol. The standard InChI is InChI=1S/C17H24ClNO2/c1-21-16-9-6-14(7-10-16)8-11-17(20)19-12-4-2-3-5-15(19)13-18/h6-7,9-10,15H,2-5,8,11-13H2,1H3. The number of amides is 1. The van der Waals surface area contributed by atoms with Crippen LogP contribution in [0.2, 0.25) is 0 Å². The SMILES string of the molecule is COc1ccc(CCC(=O)N2CCCCCC2CCl)cc1. The monoisotopic (exact) mass is 309 g/mol. The first kappa shape index (κ1) is 16.2. The third-order valence-electron chi connectivity index (χ3n) is 4.16. The van der Waals surface area contributed by atoms with Gasteiger partial charge in [-0.1, -0.05) is 25.0 Å². The Hall–Kier alpha value is -1.22. The molecule has 1 aromatic carbocycles. The number of methoxy groups -OCH3 is 1. The minimum atomic E-state index is 0.220. The zero-order valence-electron chi connectivity index (χ0n) is 12.7. The van der Waals surface area contributed by atoms with E-state index in [-0.39, 0.29) is 11.9 Å². The molecule has 0 bridgehead atoms. The lowest BCUT2D eigenvalue weighted by Gasteiger charge is -2.28. The Morgan fingerprint density at radius 3 is 2.71 bits per heavy atom. The Balaban J connectivity index is 1.89. The van der Waals surface area contributed by atoms with Crippen LogP contribution in [0.25, 0.3) is 0 Å². The Bertz CT molecular complexity index is 447. The first-order chi connectivity index (χ1) is 10.2. The molecule has 0 saturated carbocycles. The number of nitrogens with zero attached hydrogens (tertiary/aromatic N) is 1. The number of hydrogen-bond acceptors (Lipinski definition) is 2. The van der Waals surface area contributed by atoms with Crippen LogP contribution in [0, 0.1) is 0 Å². The lowest BCUT2D eigenvalue weighted by Crippen LogP contribution is -2.41. The quantitative estimate of drug-likeness (QED) is 0.777. The van der Waals surface area contributed by atoms with E-state index in [1.54, 1.807) is 7.11 Å². The fraction of sp³-hybridized carbons (Fsp3) is 0.588. The molecule has 1 fully saturated rings. The van der Waals surface area contributed by atoms with Crippen LogP contribution in [0.4, 0.5) is 0 Å². The molecule has 1 saturated heterocycles. The molecule has 1 heterocycles. The molecule has 1 aromatic rings. The minimum absolute atomic E-state index is 0.220. The van der Waals surface area contributed by atoms with Crippen molar-refractivity contribution in [1.82, 2.24) is 4.90 Å². The molecule has 2 rings (SSSR count). The highest BCUT2D eigenvalue weighted by Gasteiger charge is 2.24. The normalized spacial score (nSPS) is 19.1. The van der Waals surface area contributed by atoms with Crippen molar-refractivity contribution in [3.8, 4) is 5.75 Å². The van der Waals surface area contributed by atoms with Crippen molar-refractivity contribution in [2.75, 3.05) is 19.5 Å². The third-order valence-corrected chi connectivity index (χ3v) is 4.52. The van der Waals surface area contributed by atoms with Gasteiger partial charge in [0.25, 0.3) is 0 Å². The van der Waals surface area contributed by atoms with Crippen molar-refractivity contribution in [2.45, 2.75) is 44.6 Å². The van der Waals surface area contributed by atoms with Gasteiger partial charge in [0.2, 0.25) is 5.91 Å². The van der Waals surface area contributed by atoms with Crippen LogP contribution in [0.3, 0.4) is 0 Å².